The number of pyridine rings is 1. The molecule has 0 aliphatic carbocycles. The number of rotatable bonds is 3. The van der Waals surface area contributed by atoms with Crippen LogP contribution >= 0.6 is 11.3 Å². The van der Waals surface area contributed by atoms with E-state index in [1.54, 1.807) is 23.5 Å². The van der Waals surface area contributed by atoms with Crippen molar-refractivity contribution in [1.82, 2.24) is 4.98 Å². The van der Waals surface area contributed by atoms with Gasteiger partial charge in [-0.2, -0.15) is 0 Å². The average Bonchev–Trinajstić information content (AvgIpc) is 3.11. The number of anilines is 1. The summed E-state index contributed by atoms with van der Waals surface area (Å²) in [5.41, 5.74) is 1.14. The van der Waals surface area contributed by atoms with Gasteiger partial charge in [-0.25, -0.2) is 9.78 Å². The summed E-state index contributed by atoms with van der Waals surface area (Å²) >= 11 is 1.61. The molecule has 98 valence electrons. The van der Waals surface area contributed by atoms with Gasteiger partial charge >= 0.3 is 5.97 Å². The van der Waals surface area contributed by atoms with Crippen molar-refractivity contribution in [2.45, 2.75) is 12.8 Å². The highest BCUT2D eigenvalue weighted by molar-refractivity contribution is 7.13. The first-order valence-corrected chi connectivity index (χ1v) is 7.17. The molecule has 0 atom stereocenters. The monoisotopic (exact) mass is 274 g/mol. The number of nitrogens with zero attached hydrogens (tertiary/aromatic N) is 2. The molecule has 0 saturated carbocycles. The Morgan fingerprint density at radius 2 is 2.05 bits per heavy atom. The zero-order valence-corrected chi connectivity index (χ0v) is 11.2. The summed E-state index contributed by atoms with van der Waals surface area (Å²) in [7, 11) is 0. The largest absolute Gasteiger partial charge is 0.478 e. The van der Waals surface area contributed by atoms with Crippen LogP contribution in [0.25, 0.3) is 10.6 Å². The van der Waals surface area contributed by atoms with Crippen LogP contribution in [0.15, 0.2) is 29.6 Å². The first kappa shape index (κ1) is 12.2. The lowest BCUT2D eigenvalue weighted by Gasteiger charge is -2.19. The molecule has 0 aromatic carbocycles. The summed E-state index contributed by atoms with van der Waals surface area (Å²) in [6.45, 7) is 1.78. The van der Waals surface area contributed by atoms with Crippen LogP contribution in [0.2, 0.25) is 0 Å². The van der Waals surface area contributed by atoms with Gasteiger partial charge in [0.1, 0.15) is 11.4 Å². The lowest BCUT2D eigenvalue weighted by Crippen LogP contribution is -2.22. The van der Waals surface area contributed by atoms with Gasteiger partial charge in [0.05, 0.1) is 10.6 Å². The summed E-state index contributed by atoms with van der Waals surface area (Å²) in [5, 5.41) is 11.3. The molecule has 3 heterocycles. The second kappa shape index (κ2) is 5.01. The number of aromatic carboxylic acids is 1. The fourth-order valence-electron chi connectivity index (χ4n) is 2.35. The molecule has 1 aliphatic rings. The van der Waals surface area contributed by atoms with Gasteiger partial charge in [-0.15, -0.1) is 11.3 Å². The molecule has 1 N–H and O–H groups in total. The van der Waals surface area contributed by atoms with Crippen LogP contribution < -0.4 is 4.90 Å². The Morgan fingerprint density at radius 1 is 1.26 bits per heavy atom. The van der Waals surface area contributed by atoms with Crippen LogP contribution in [0.3, 0.4) is 0 Å². The molecule has 4 nitrogen and oxygen atoms in total. The van der Waals surface area contributed by atoms with Gasteiger partial charge in [0.25, 0.3) is 0 Å². The molecule has 0 unspecified atom stereocenters. The minimum atomic E-state index is -0.910. The van der Waals surface area contributed by atoms with Gasteiger partial charge < -0.3 is 10.0 Å². The first-order chi connectivity index (χ1) is 9.25. The molecule has 19 heavy (non-hydrogen) atoms. The summed E-state index contributed by atoms with van der Waals surface area (Å²) in [6, 6.07) is 7.43. The second-order valence-electron chi connectivity index (χ2n) is 4.54. The predicted molar refractivity (Wildman–Crippen MR) is 76.0 cm³/mol. The van der Waals surface area contributed by atoms with E-state index in [2.05, 4.69) is 9.88 Å². The van der Waals surface area contributed by atoms with E-state index in [1.165, 1.54) is 0 Å². The third kappa shape index (κ3) is 2.33. The van der Waals surface area contributed by atoms with Crippen molar-refractivity contribution in [3.63, 3.8) is 0 Å². The highest BCUT2D eigenvalue weighted by Crippen LogP contribution is 2.29. The van der Waals surface area contributed by atoms with E-state index >= 15 is 0 Å². The van der Waals surface area contributed by atoms with E-state index in [-0.39, 0.29) is 0 Å². The topological polar surface area (TPSA) is 53.4 Å². The number of hydrogen-bond acceptors (Lipinski definition) is 4. The minimum Gasteiger partial charge on any atom is -0.478 e. The van der Waals surface area contributed by atoms with E-state index in [1.807, 2.05) is 17.5 Å². The van der Waals surface area contributed by atoms with Gasteiger partial charge in [-0.1, -0.05) is 6.07 Å². The van der Waals surface area contributed by atoms with Crippen molar-refractivity contribution in [3.05, 3.63) is 35.2 Å². The smallest absolute Gasteiger partial charge is 0.339 e. The number of thiophene rings is 1. The number of carboxylic acids is 1. The van der Waals surface area contributed by atoms with Gasteiger partial charge in [-0.05, 0) is 36.4 Å². The molecule has 1 aliphatic heterocycles. The maximum atomic E-state index is 11.3. The Labute approximate surface area is 115 Å². The molecule has 5 heteroatoms. The minimum absolute atomic E-state index is 0.294. The average molecular weight is 274 g/mol. The zero-order valence-electron chi connectivity index (χ0n) is 10.4. The first-order valence-electron chi connectivity index (χ1n) is 6.29. The molecular weight excluding hydrogens is 260 g/mol. The number of hydrogen-bond donors (Lipinski definition) is 1. The van der Waals surface area contributed by atoms with Gasteiger partial charge in [0.15, 0.2) is 0 Å². The molecule has 2 aromatic rings. The lowest BCUT2D eigenvalue weighted by atomic mass is 10.2. The molecule has 0 amide bonds. The van der Waals surface area contributed by atoms with E-state index in [4.69, 9.17) is 0 Å². The number of aromatic nitrogens is 1. The van der Waals surface area contributed by atoms with Crippen molar-refractivity contribution in [1.29, 1.82) is 0 Å². The molecule has 2 aromatic heterocycles. The highest BCUT2D eigenvalue weighted by Gasteiger charge is 2.21. The van der Waals surface area contributed by atoms with Crippen molar-refractivity contribution in [2.24, 2.45) is 0 Å². The second-order valence-corrected chi connectivity index (χ2v) is 5.49. The molecular formula is C14H14N2O2S. The van der Waals surface area contributed by atoms with Gasteiger partial charge in [0, 0.05) is 13.1 Å². The van der Waals surface area contributed by atoms with Crippen LogP contribution in [-0.4, -0.2) is 29.1 Å². The number of carbonyl (C=O) groups is 1. The van der Waals surface area contributed by atoms with Gasteiger partial charge in [-0.3, -0.25) is 0 Å². The lowest BCUT2D eigenvalue weighted by molar-refractivity contribution is 0.0697. The Hall–Kier alpha value is -1.88. The molecule has 1 saturated heterocycles. The van der Waals surface area contributed by atoms with E-state index in [0.29, 0.717) is 11.4 Å². The Balaban J connectivity index is 2.06. The van der Waals surface area contributed by atoms with Crippen molar-refractivity contribution in [2.75, 3.05) is 18.0 Å². The van der Waals surface area contributed by atoms with Crippen LogP contribution in [-0.2, 0) is 0 Å². The van der Waals surface area contributed by atoms with Crippen molar-refractivity contribution < 1.29 is 9.90 Å². The van der Waals surface area contributed by atoms with Crippen LogP contribution in [0.4, 0.5) is 5.82 Å². The normalized spacial score (nSPS) is 14.8. The Morgan fingerprint density at radius 3 is 2.68 bits per heavy atom. The van der Waals surface area contributed by atoms with E-state index < -0.39 is 5.97 Å². The zero-order chi connectivity index (χ0) is 13.2. The molecule has 0 spiro atoms. The summed E-state index contributed by atoms with van der Waals surface area (Å²) in [4.78, 5) is 19.0. The van der Waals surface area contributed by atoms with E-state index in [0.717, 1.165) is 36.5 Å². The fourth-order valence-corrected chi connectivity index (χ4v) is 3.04. The summed E-state index contributed by atoms with van der Waals surface area (Å²) < 4.78 is 0. The SMILES string of the molecule is O=C(O)c1ccc(-c2cccs2)nc1N1CCCC1. The Kier molecular flexibility index (Phi) is 3.21. The van der Waals surface area contributed by atoms with Crippen LogP contribution in [0.5, 0.6) is 0 Å². The third-order valence-electron chi connectivity index (χ3n) is 3.28. The summed E-state index contributed by atoms with van der Waals surface area (Å²) in [6.07, 6.45) is 2.20. The third-order valence-corrected chi connectivity index (χ3v) is 4.18. The van der Waals surface area contributed by atoms with Crippen molar-refractivity contribution in [3.8, 4) is 10.6 Å². The Bertz CT molecular complexity index is 589. The molecule has 0 radical (unpaired) electrons. The fraction of sp³-hybridized carbons (Fsp3) is 0.286. The standard InChI is InChI=1S/C14H14N2O2S/c17-14(18)10-5-6-11(12-4-3-9-19-12)15-13(10)16-7-1-2-8-16/h3-6,9H,1-2,7-8H2,(H,17,18). The molecule has 3 rings (SSSR count). The van der Waals surface area contributed by atoms with E-state index in [9.17, 15) is 9.90 Å². The summed E-state index contributed by atoms with van der Waals surface area (Å²) in [5.74, 6) is -0.303. The predicted octanol–water partition coefficient (Wildman–Crippen LogP) is 3.11. The van der Waals surface area contributed by atoms with Crippen LogP contribution in [0, 0.1) is 0 Å². The van der Waals surface area contributed by atoms with Crippen molar-refractivity contribution >= 4 is 23.1 Å². The maximum absolute atomic E-state index is 11.3. The quantitative estimate of drug-likeness (QED) is 0.934. The van der Waals surface area contributed by atoms with Crippen LogP contribution in [0.1, 0.15) is 23.2 Å². The van der Waals surface area contributed by atoms with Gasteiger partial charge in [0.2, 0.25) is 0 Å². The maximum Gasteiger partial charge on any atom is 0.339 e. The molecule has 0 bridgehead atoms. The molecule has 1 fully saturated rings. The number of carboxylic acid groups (broad SMARTS) is 1. The highest BCUT2D eigenvalue weighted by atomic mass is 32.1.